The zero-order valence-corrected chi connectivity index (χ0v) is 19.1. The number of hydrogen-bond acceptors (Lipinski definition) is 4. The lowest BCUT2D eigenvalue weighted by atomic mass is 10.2. The molecule has 168 valence electrons. The van der Waals surface area contributed by atoms with Crippen LogP contribution in [0.25, 0.3) is 0 Å². The van der Waals surface area contributed by atoms with E-state index in [9.17, 15) is 17.2 Å². The van der Waals surface area contributed by atoms with Gasteiger partial charge in [0.1, 0.15) is 23.7 Å². The molecule has 2 N–H and O–H groups in total. The molecule has 0 saturated heterocycles. The Morgan fingerprint density at radius 2 is 1.87 bits per heavy atom. The molecule has 2 aromatic rings. The van der Waals surface area contributed by atoms with E-state index in [2.05, 4.69) is 10.0 Å². The largest absolute Gasteiger partial charge is 0.487 e. The summed E-state index contributed by atoms with van der Waals surface area (Å²) in [4.78, 5) is 0. The number of fused-ring (bicyclic) bond motifs is 1. The van der Waals surface area contributed by atoms with Crippen LogP contribution < -0.4 is 14.8 Å². The Hall–Kier alpha value is -2.32. The van der Waals surface area contributed by atoms with Crippen molar-refractivity contribution in [3.8, 4) is 5.75 Å². The van der Waals surface area contributed by atoms with Crippen LogP contribution in [0.5, 0.6) is 5.75 Å². The first-order valence-electron chi connectivity index (χ1n) is 10.1. The molecule has 4 rings (SSSR count). The molecule has 2 aliphatic rings. The molecule has 5 nitrogen and oxygen atoms in total. The average molecular weight is 471 g/mol. The number of benzene rings is 2. The first-order valence-corrected chi connectivity index (χ1v) is 11.9. The van der Waals surface area contributed by atoms with Crippen molar-refractivity contribution in [1.82, 2.24) is 0 Å². The summed E-state index contributed by atoms with van der Waals surface area (Å²) in [7, 11) is -3.87. The summed E-state index contributed by atoms with van der Waals surface area (Å²) in [6.45, 7) is 5.94. The van der Waals surface area contributed by atoms with Crippen LogP contribution in [0.1, 0.15) is 38.7 Å². The lowest BCUT2D eigenvalue weighted by molar-refractivity contribution is 0.360. The number of aryl methyl sites for hydroxylation is 1. The van der Waals surface area contributed by atoms with E-state index in [-0.39, 0.29) is 28.8 Å². The summed E-state index contributed by atoms with van der Waals surface area (Å²) in [5.41, 5.74) is 0.632. The molecule has 1 fully saturated rings. The van der Waals surface area contributed by atoms with Crippen LogP contribution in [-0.2, 0) is 10.0 Å². The van der Waals surface area contributed by atoms with E-state index in [0.717, 1.165) is 11.6 Å². The van der Waals surface area contributed by atoms with Crippen LogP contribution in [0.2, 0.25) is 5.02 Å². The van der Waals surface area contributed by atoms with E-state index in [1.54, 1.807) is 30.4 Å². The molecule has 1 heterocycles. The lowest BCUT2D eigenvalue weighted by Crippen LogP contribution is -2.30. The molecule has 0 radical (unpaired) electrons. The molecule has 0 aromatic heterocycles. The van der Waals surface area contributed by atoms with E-state index in [0.29, 0.717) is 24.9 Å². The zero-order valence-electron chi connectivity index (χ0n) is 17.6. The fourth-order valence-electron chi connectivity index (χ4n) is 3.26. The molecule has 9 heteroatoms. The smallest absolute Gasteiger partial charge is 0.238 e. The topological polar surface area (TPSA) is 67.4 Å². The maximum Gasteiger partial charge on any atom is 0.238 e. The van der Waals surface area contributed by atoms with Gasteiger partial charge in [0.15, 0.2) is 11.6 Å². The molecule has 1 spiro atoms. The van der Waals surface area contributed by atoms with E-state index in [1.165, 1.54) is 0 Å². The van der Waals surface area contributed by atoms with Gasteiger partial charge >= 0.3 is 0 Å². The standard InChI is InChI=1S/C20H19ClF2N2O3S.C2H6/c1-12-4-5-15(13(21)10-12)24-19-17(23)14(22)11-16-18(19)25-29(26,27)20(7-8-20)6-2-3-9-28-16;1-2/h2-5,10-11,24-25H,6-9H2,1H3;1-2H3/b3-2+;. The Labute approximate surface area is 186 Å². The first kappa shape index (κ1) is 23.3. The van der Waals surface area contributed by atoms with Crippen LogP contribution in [0.4, 0.5) is 25.8 Å². The minimum Gasteiger partial charge on any atom is -0.487 e. The van der Waals surface area contributed by atoms with Crippen LogP contribution in [0.3, 0.4) is 0 Å². The third-order valence-corrected chi connectivity index (χ3v) is 7.67. The van der Waals surface area contributed by atoms with Crippen molar-refractivity contribution in [2.24, 2.45) is 0 Å². The van der Waals surface area contributed by atoms with Crippen LogP contribution in [0, 0.1) is 18.6 Å². The monoisotopic (exact) mass is 470 g/mol. The van der Waals surface area contributed by atoms with Crippen LogP contribution in [-0.4, -0.2) is 19.8 Å². The maximum absolute atomic E-state index is 14.8. The second-order valence-electron chi connectivity index (χ2n) is 7.30. The van der Waals surface area contributed by atoms with Gasteiger partial charge in [-0.15, -0.1) is 0 Å². The summed E-state index contributed by atoms with van der Waals surface area (Å²) in [6.07, 6.45) is 4.74. The van der Waals surface area contributed by atoms with E-state index in [1.807, 2.05) is 20.8 Å². The average Bonchev–Trinajstić information content (AvgIpc) is 3.52. The highest BCUT2D eigenvalue weighted by molar-refractivity contribution is 7.94. The predicted octanol–water partition coefficient (Wildman–Crippen LogP) is 6.31. The van der Waals surface area contributed by atoms with E-state index in [4.69, 9.17) is 16.3 Å². The lowest BCUT2D eigenvalue weighted by Gasteiger charge is -2.23. The summed E-state index contributed by atoms with van der Waals surface area (Å²) >= 11 is 6.21. The van der Waals surface area contributed by atoms with Gasteiger partial charge in [-0.05, 0) is 43.9 Å². The Balaban J connectivity index is 0.00000132. The van der Waals surface area contributed by atoms with Crippen molar-refractivity contribution >= 4 is 38.7 Å². The Morgan fingerprint density at radius 1 is 1.16 bits per heavy atom. The van der Waals surface area contributed by atoms with Crippen molar-refractivity contribution < 1.29 is 21.9 Å². The molecule has 0 atom stereocenters. The van der Waals surface area contributed by atoms with Gasteiger partial charge in [0.05, 0.1) is 15.5 Å². The second-order valence-corrected chi connectivity index (χ2v) is 9.79. The summed E-state index contributed by atoms with van der Waals surface area (Å²) < 4.78 is 62.1. The van der Waals surface area contributed by atoms with E-state index >= 15 is 0 Å². The molecular formula is C22H25ClF2N2O3S. The third kappa shape index (κ3) is 4.65. The van der Waals surface area contributed by atoms with Gasteiger partial charge in [0.2, 0.25) is 10.0 Å². The van der Waals surface area contributed by atoms with Crippen molar-refractivity contribution in [3.63, 3.8) is 0 Å². The number of nitrogens with one attached hydrogen (secondary N) is 2. The number of allylic oxidation sites excluding steroid dienone is 1. The fourth-order valence-corrected chi connectivity index (χ4v) is 5.19. The predicted molar refractivity (Wildman–Crippen MR) is 121 cm³/mol. The zero-order chi connectivity index (χ0) is 22.8. The number of sulfonamides is 1. The van der Waals surface area contributed by atoms with Gasteiger partial charge in [-0.2, -0.15) is 0 Å². The van der Waals surface area contributed by atoms with Crippen LogP contribution in [0.15, 0.2) is 36.4 Å². The Morgan fingerprint density at radius 3 is 2.52 bits per heavy atom. The number of rotatable bonds is 2. The molecule has 31 heavy (non-hydrogen) atoms. The van der Waals surface area contributed by atoms with Crippen molar-refractivity contribution in [3.05, 3.63) is 58.6 Å². The molecule has 1 aliphatic carbocycles. The highest BCUT2D eigenvalue weighted by Crippen LogP contribution is 2.49. The fraction of sp³-hybridized carbons (Fsp3) is 0.364. The van der Waals surface area contributed by atoms with Crippen LogP contribution >= 0.6 is 11.6 Å². The van der Waals surface area contributed by atoms with E-state index < -0.39 is 26.4 Å². The quantitative estimate of drug-likeness (QED) is 0.505. The van der Waals surface area contributed by atoms with Crippen molar-refractivity contribution in [2.45, 2.75) is 44.8 Å². The Kier molecular flexibility index (Phi) is 6.81. The third-order valence-electron chi connectivity index (χ3n) is 5.17. The minimum absolute atomic E-state index is 0.0978. The van der Waals surface area contributed by atoms with Crippen molar-refractivity contribution in [1.29, 1.82) is 0 Å². The summed E-state index contributed by atoms with van der Waals surface area (Å²) in [5, 5.41) is 3.02. The first-order chi connectivity index (χ1) is 14.7. The highest BCUT2D eigenvalue weighted by atomic mass is 35.5. The molecule has 1 aliphatic heterocycles. The SMILES string of the molecule is CC.Cc1ccc(Nc2c(F)c(F)cc3c2NS(=O)(=O)C2(C/C=C/CO3)CC2)c(Cl)c1. The number of anilines is 3. The normalized spacial score (nSPS) is 19.0. The second kappa shape index (κ2) is 9.04. The van der Waals surface area contributed by atoms with Crippen molar-refractivity contribution in [2.75, 3.05) is 16.6 Å². The molecule has 0 unspecified atom stereocenters. The molecule has 0 amide bonds. The van der Waals surface area contributed by atoms with Gasteiger partial charge in [-0.25, -0.2) is 17.2 Å². The van der Waals surface area contributed by atoms with Gasteiger partial charge in [0.25, 0.3) is 0 Å². The van der Waals surface area contributed by atoms with Gasteiger partial charge in [0, 0.05) is 6.07 Å². The molecular weight excluding hydrogens is 446 g/mol. The number of hydrogen-bond donors (Lipinski definition) is 2. The number of halogens is 3. The Bertz CT molecular complexity index is 1120. The maximum atomic E-state index is 14.8. The molecule has 1 saturated carbocycles. The van der Waals surface area contributed by atoms with Gasteiger partial charge in [-0.3, -0.25) is 4.72 Å². The molecule has 2 aromatic carbocycles. The van der Waals surface area contributed by atoms with Gasteiger partial charge in [-0.1, -0.05) is 43.7 Å². The molecule has 0 bridgehead atoms. The minimum atomic E-state index is -3.87. The summed E-state index contributed by atoms with van der Waals surface area (Å²) in [6, 6.07) is 5.85. The summed E-state index contributed by atoms with van der Waals surface area (Å²) in [5.74, 6) is -2.51. The number of ether oxygens (including phenoxy) is 1. The van der Waals surface area contributed by atoms with Gasteiger partial charge < -0.3 is 10.1 Å². The highest BCUT2D eigenvalue weighted by Gasteiger charge is 2.54.